The molecule has 0 bridgehead atoms. The summed E-state index contributed by atoms with van der Waals surface area (Å²) in [6.45, 7) is 0.740. The maximum atomic E-state index is 13.1. The summed E-state index contributed by atoms with van der Waals surface area (Å²) < 4.78 is 0. The lowest BCUT2D eigenvalue weighted by Crippen LogP contribution is -2.38. The van der Waals surface area contributed by atoms with E-state index in [9.17, 15) is 9.59 Å². The Morgan fingerprint density at radius 2 is 1.76 bits per heavy atom. The maximum Gasteiger partial charge on any atom is 0.254 e. The highest BCUT2D eigenvalue weighted by atomic mass is 32.2. The standard InChI is InChI=1S/C24H28N2O2S/c1-25(19-10-3-2-4-11-19)24(28)20-12-6-8-14-22(20)29-17-23(27)26-16-15-18-9-5-7-13-21(18)26/h5-9,12-14,19H,2-4,10-11,15-17H2,1H3. The van der Waals surface area contributed by atoms with Gasteiger partial charge in [0.25, 0.3) is 5.91 Å². The lowest BCUT2D eigenvalue weighted by Gasteiger charge is -2.31. The lowest BCUT2D eigenvalue weighted by molar-refractivity contribution is -0.116. The lowest BCUT2D eigenvalue weighted by atomic mass is 9.94. The molecule has 1 aliphatic heterocycles. The number of carbonyl (C=O) groups excluding carboxylic acids is 2. The first-order valence-electron chi connectivity index (χ1n) is 10.5. The zero-order chi connectivity index (χ0) is 20.2. The third kappa shape index (κ3) is 4.35. The molecule has 4 nitrogen and oxygen atoms in total. The van der Waals surface area contributed by atoms with Crippen LogP contribution in [0.15, 0.2) is 53.4 Å². The van der Waals surface area contributed by atoms with Crippen molar-refractivity contribution < 1.29 is 9.59 Å². The third-order valence-corrected chi connectivity index (χ3v) is 7.16. The molecule has 0 atom stereocenters. The van der Waals surface area contributed by atoms with Crippen LogP contribution in [0.5, 0.6) is 0 Å². The van der Waals surface area contributed by atoms with Gasteiger partial charge in [0.05, 0.1) is 11.3 Å². The second-order valence-corrected chi connectivity index (χ2v) is 8.93. The zero-order valence-corrected chi connectivity index (χ0v) is 17.8. The first-order valence-corrected chi connectivity index (χ1v) is 11.5. The molecule has 1 saturated carbocycles. The van der Waals surface area contributed by atoms with Crippen LogP contribution in [-0.2, 0) is 11.2 Å². The molecule has 1 aliphatic carbocycles. The molecule has 29 heavy (non-hydrogen) atoms. The molecule has 152 valence electrons. The minimum atomic E-state index is 0.0685. The van der Waals surface area contributed by atoms with Crippen LogP contribution in [0.4, 0.5) is 5.69 Å². The van der Waals surface area contributed by atoms with Gasteiger partial charge in [0, 0.05) is 30.2 Å². The van der Waals surface area contributed by atoms with Crippen molar-refractivity contribution in [3.05, 3.63) is 59.7 Å². The van der Waals surface area contributed by atoms with Gasteiger partial charge in [-0.3, -0.25) is 9.59 Å². The molecule has 1 heterocycles. The fraction of sp³-hybridized carbons (Fsp3) is 0.417. The Hall–Kier alpha value is -2.27. The van der Waals surface area contributed by atoms with Crippen molar-refractivity contribution in [2.75, 3.05) is 24.2 Å². The molecule has 0 aromatic heterocycles. The van der Waals surface area contributed by atoms with E-state index in [2.05, 4.69) is 6.07 Å². The number of amides is 2. The first-order chi connectivity index (χ1) is 14.1. The van der Waals surface area contributed by atoms with Crippen molar-refractivity contribution in [2.45, 2.75) is 49.5 Å². The van der Waals surface area contributed by atoms with Gasteiger partial charge in [0.2, 0.25) is 5.91 Å². The number of hydrogen-bond donors (Lipinski definition) is 0. The number of hydrogen-bond acceptors (Lipinski definition) is 3. The topological polar surface area (TPSA) is 40.6 Å². The van der Waals surface area contributed by atoms with E-state index in [0.29, 0.717) is 17.4 Å². The zero-order valence-electron chi connectivity index (χ0n) is 17.0. The van der Waals surface area contributed by atoms with Crippen LogP contribution in [0, 0.1) is 0 Å². The van der Waals surface area contributed by atoms with E-state index in [1.807, 2.05) is 59.3 Å². The Morgan fingerprint density at radius 3 is 2.59 bits per heavy atom. The molecule has 1 fully saturated rings. The van der Waals surface area contributed by atoms with Gasteiger partial charge < -0.3 is 9.80 Å². The Balaban J connectivity index is 1.43. The normalized spacial score (nSPS) is 16.5. The Morgan fingerprint density at radius 1 is 1.03 bits per heavy atom. The van der Waals surface area contributed by atoms with E-state index in [0.717, 1.165) is 36.4 Å². The van der Waals surface area contributed by atoms with Crippen molar-refractivity contribution in [2.24, 2.45) is 0 Å². The second-order valence-electron chi connectivity index (χ2n) is 7.92. The summed E-state index contributed by atoms with van der Waals surface area (Å²) in [6, 6.07) is 16.1. The van der Waals surface area contributed by atoms with E-state index in [1.54, 1.807) is 0 Å². The fourth-order valence-electron chi connectivity index (χ4n) is 4.41. The van der Waals surface area contributed by atoms with E-state index in [4.69, 9.17) is 0 Å². The molecule has 0 unspecified atom stereocenters. The number of anilines is 1. The number of nitrogens with zero attached hydrogens (tertiary/aromatic N) is 2. The summed E-state index contributed by atoms with van der Waals surface area (Å²) in [4.78, 5) is 30.7. The maximum absolute atomic E-state index is 13.1. The van der Waals surface area contributed by atoms with E-state index in [1.165, 1.54) is 36.6 Å². The molecule has 4 rings (SSSR count). The van der Waals surface area contributed by atoms with Crippen molar-refractivity contribution in [1.82, 2.24) is 4.90 Å². The molecule has 2 aliphatic rings. The van der Waals surface area contributed by atoms with Crippen LogP contribution >= 0.6 is 11.8 Å². The fourth-order valence-corrected chi connectivity index (χ4v) is 5.33. The number of thioether (sulfide) groups is 1. The van der Waals surface area contributed by atoms with Crippen LogP contribution in [0.1, 0.15) is 48.0 Å². The van der Waals surface area contributed by atoms with Crippen LogP contribution in [0.2, 0.25) is 0 Å². The molecule has 2 amide bonds. The minimum Gasteiger partial charge on any atom is -0.339 e. The highest BCUT2D eigenvalue weighted by Crippen LogP contribution is 2.31. The number of benzene rings is 2. The van der Waals surface area contributed by atoms with Gasteiger partial charge in [-0.1, -0.05) is 49.6 Å². The van der Waals surface area contributed by atoms with Gasteiger partial charge >= 0.3 is 0 Å². The molecular weight excluding hydrogens is 380 g/mol. The quantitative estimate of drug-likeness (QED) is 0.669. The molecule has 0 spiro atoms. The smallest absolute Gasteiger partial charge is 0.254 e. The molecule has 0 N–H and O–H groups in total. The predicted molar refractivity (Wildman–Crippen MR) is 119 cm³/mol. The highest BCUT2D eigenvalue weighted by Gasteiger charge is 2.26. The van der Waals surface area contributed by atoms with Crippen molar-refractivity contribution >= 4 is 29.3 Å². The summed E-state index contributed by atoms with van der Waals surface area (Å²) in [5.41, 5.74) is 2.97. The Labute approximate surface area is 177 Å². The summed E-state index contributed by atoms with van der Waals surface area (Å²) in [5.74, 6) is 0.507. The summed E-state index contributed by atoms with van der Waals surface area (Å²) in [7, 11) is 1.92. The predicted octanol–water partition coefficient (Wildman–Crippen LogP) is 4.77. The van der Waals surface area contributed by atoms with Crippen molar-refractivity contribution in [3.8, 4) is 0 Å². The van der Waals surface area contributed by atoms with Crippen LogP contribution in [0.25, 0.3) is 0 Å². The van der Waals surface area contributed by atoms with Crippen molar-refractivity contribution in [3.63, 3.8) is 0 Å². The Kier molecular flexibility index (Phi) is 6.24. The van der Waals surface area contributed by atoms with Gasteiger partial charge in [0.1, 0.15) is 0 Å². The number of para-hydroxylation sites is 1. The third-order valence-electron chi connectivity index (χ3n) is 6.10. The van der Waals surface area contributed by atoms with Crippen LogP contribution in [0.3, 0.4) is 0 Å². The average molecular weight is 409 g/mol. The van der Waals surface area contributed by atoms with Crippen LogP contribution in [-0.4, -0.2) is 42.1 Å². The van der Waals surface area contributed by atoms with Gasteiger partial charge in [-0.05, 0) is 43.0 Å². The summed E-state index contributed by atoms with van der Waals surface area (Å²) in [5, 5.41) is 0. The number of fused-ring (bicyclic) bond motifs is 1. The Bertz CT molecular complexity index is 892. The molecule has 2 aromatic carbocycles. The van der Waals surface area contributed by atoms with Gasteiger partial charge in [-0.15, -0.1) is 11.8 Å². The molecule has 2 aromatic rings. The first kappa shape index (κ1) is 20.0. The van der Waals surface area contributed by atoms with Crippen molar-refractivity contribution in [1.29, 1.82) is 0 Å². The van der Waals surface area contributed by atoms with Crippen LogP contribution < -0.4 is 4.90 Å². The van der Waals surface area contributed by atoms with Gasteiger partial charge in [-0.25, -0.2) is 0 Å². The monoisotopic (exact) mass is 408 g/mol. The number of rotatable bonds is 5. The van der Waals surface area contributed by atoms with E-state index < -0.39 is 0 Å². The summed E-state index contributed by atoms with van der Waals surface area (Å²) in [6.07, 6.45) is 6.75. The number of carbonyl (C=O) groups is 2. The molecular formula is C24H28N2O2S. The van der Waals surface area contributed by atoms with E-state index in [-0.39, 0.29) is 11.8 Å². The van der Waals surface area contributed by atoms with Gasteiger partial charge in [-0.2, -0.15) is 0 Å². The highest BCUT2D eigenvalue weighted by molar-refractivity contribution is 8.00. The van der Waals surface area contributed by atoms with E-state index >= 15 is 0 Å². The largest absolute Gasteiger partial charge is 0.339 e. The molecule has 5 heteroatoms. The average Bonchev–Trinajstić information content (AvgIpc) is 3.21. The van der Waals surface area contributed by atoms with Gasteiger partial charge in [0.15, 0.2) is 0 Å². The summed E-state index contributed by atoms with van der Waals surface area (Å²) >= 11 is 1.47. The second kappa shape index (κ2) is 9.04. The molecule has 0 radical (unpaired) electrons. The minimum absolute atomic E-state index is 0.0685. The SMILES string of the molecule is CN(C(=O)c1ccccc1SCC(=O)N1CCc2ccccc21)C1CCCCC1. The molecule has 0 saturated heterocycles.